The minimum absolute atomic E-state index is 0.150. The van der Waals surface area contributed by atoms with Crippen LogP contribution in [-0.2, 0) is 0 Å². The normalized spacial score (nSPS) is 12.7. The molecule has 0 fully saturated rings. The molecule has 5 heteroatoms. The molecular weight excluding hydrogens is 214 g/mol. The third-order valence-electron chi connectivity index (χ3n) is 2.39. The molecule has 0 saturated heterocycles. The van der Waals surface area contributed by atoms with Crippen molar-refractivity contribution < 1.29 is 0 Å². The van der Waals surface area contributed by atoms with Crippen molar-refractivity contribution in [1.82, 2.24) is 0 Å². The molecule has 0 radical (unpaired) electrons. The topological polar surface area (TPSA) is 88.8 Å². The van der Waals surface area contributed by atoms with Gasteiger partial charge < -0.3 is 16.8 Å². The van der Waals surface area contributed by atoms with Gasteiger partial charge in [-0.15, -0.1) is 0 Å². The summed E-state index contributed by atoms with van der Waals surface area (Å²) in [6.07, 6.45) is 0. The van der Waals surface area contributed by atoms with Gasteiger partial charge in [0.15, 0.2) is 0 Å². The van der Waals surface area contributed by atoms with E-state index in [2.05, 4.69) is 34.4 Å². The number of anilines is 1. The van der Waals surface area contributed by atoms with Crippen LogP contribution in [0.2, 0.25) is 0 Å². The Morgan fingerprint density at radius 1 is 1.12 bits per heavy atom. The van der Waals surface area contributed by atoms with Crippen LogP contribution in [0, 0.1) is 20.8 Å². The highest BCUT2D eigenvalue weighted by atomic mass is 15.2. The Bertz CT molecular complexity index is 451. The second-order valence-corrected chi connectivity index (χ2v) is 3.98. The summed E-state index contributed by atoms with van der Waals surface area (Å²) in [6, 6.07) is 4.17. The number of hydrogen-bond acceptors (Lipinski definition) is 1. The zero-order valence-electron chi connectivity index (χ0n) is 10.7. The Hall–Kier alpha value is -2.04. The number of nitrogens with zero attached hydrogens (tertiary/aromatic N) is 2. The summed E-state index contributed by atoms with van der Waals surface area (Å²) < 4.78 is 0. The summed E-state index contributed by atoms with van der Waals surface area (Å²) in [5.41, 5.74) is 15.6. The van der Waals surface area contributed by atoms with E-state index >= 15 is 0 Å². The molecule has 0 atom stereocenters. The maximum atomic E-state index is 5.74. The van der Waals surface area contributed by atoms with Crippen molar-refractivity contribution >= 4 is 17.6 Å². The van der Waals surface area contributed by atoms with Gasteiger partial charge in [-0.25, -0.2) is 0 Å². The molecule has 0 aliphatic rings. The van der Waals surface area contributed by atoms with Gasteiger partial charge >= 0.3 is 0 Å². The van der Waals surface area contributed by atoms with Gasteiger partial charge in [0.1, 0.15) is 0 Å². The van der Waals surface area contributed by atoms with Crippen LogP contribution in [0.25, 0.3) is 0 Å². The maximum Gasteiger partial charge on any atom is 0.218 e. The lowest BCUT2D eigenvalue weighted by atomic mass is 10.1. The Morgan fingerprint density at radius 2 is 1.65 bits per heavy atom. The monoisotopic (exact) mass is 233 g/mol. The third-order valence-corrected chi connectivity index (χ3v) is 2.39. The summed E-state index contributed by atoms with van der Waals surface area (Å²) in [7, 11) is 1.56. The Labute approximate surface area is 102 Å². The van der Waals surface area contributed by atoms with E-state index < -0.39 is 0 Å². The number of nitrogens with one attached hydrogen (secondary N) is 1. The molecule has 17 heavy (non-hydrogen) atoms. The van der Waals surface area contributed by atoms with E-state index in [1.165, 1.54) is 5.56 Å². The van der Waals surface area contributed by atoms with Crippen LogP contribution in [-0.4, -0.2) is 19.0 Å². The van der Waals surface area contributed by atoms with Gasteiger partial charge in [0.05, 0.1) is 0 Å². The zero-order chi connectivity index (χ0) is 13.0. The molecular formula is C12H19N5. The van der Waals surface area contributed by atoms with E-state index in [1.807, 2.05) is 13.8 Å². The number of rotatable bonds is 1. The average Bonchev–Trinajstić information content (AvgIpc) is 2.23. The highest BCUT2D eigenvalue weighted by Gasteiger charge is 2.04. The molecule has 0 amide bonds. The summed E-state index contributed by atoms with van der Waals surface area (Å²) in [5, 5.41) is 3.04. The van der Waals surface area contributed by atoms with Gasteiger partial charge in [0.25, 0.3) is 0 Å². The predicted molar refractivity (Wildman–Crippen MR) is 73.4 cm³/mol. The van der Waals surface area contributed by atoms with Crippen LogP contribution in [0.5, 0.6) is 0 Å². The summed E-state index contributed by atoms with van der Waals surface area (Å²) in [4.78, 5) is 7.62. The largest absolute Gasteiger partial charge is 0.369 e. The van der Waals surface area contributed by atoms with E-state index in [0.29, 0.717) is 0 Å². The lowest BCUT2D eigenvalue weighted by molar-refractivity contribution is 1.30. The van der Waals surface area contributed by atoms with E-state index in [1.54, 1.807) is 7.05 Å². The van der Waals surface area contributed by atoms with Crippen molar-refractivity contribution in [3.05, 3.63) is 28.8 Å². The van der Waals surface area contributed by atoms with E-state index in [9.17, 15) is 0 Å². The minimum atomic E-state index is 0.150. The van der Waals surface area contributed by atoms with Gasteiger partial charge in [0.2, 0.25) is 11.9 Å². The second kappa shape index (κ2) is 5.34. The zero-order valence-corrected chi connectivity index (χ0v) is 10.7. The standard InChI is InChI=1S/C12H19N5/c1-7-5-8(2)10(9(3)6-7)16-12(14)17-11(13)15-4/h5-6H,1-4H3,(H5,13,14,15,16,17). The number of nitrogens with two attached hydrogens (primary N) is 2. The fourth-order valence-corrected chi connectivity index (χ4v) is 1.71. The number of aryl methyl sites for hydroxylation is 3. The van der Waals surface area contributed by atoms with Crippen molar-refractivity contribution in [2.75, 3.05) is 12.4 Å². The molecule has 5 N–H and O–H groups in total. The Kier molecular flexibility index (Phi) is 4.09. The molecule has 1 rings (SSSR count). The number of benzene rings is 1. The Balaban J connectivity index is 3.00. The molecule has 92 valence electrons. The predicted octanol–water partition coefficient (Wildman–Crippen LogP) is 1.28. The van der Waals surface area contributed by atoms with E-state index in [4.69, 9.17) is 11.5 Å². The molecule has 0 aliphatic carbocycles. The molecule has 0 aliphatic heterocycles. The van der Waals surface area contributed by atoms with Crippen molar-refractivity contribution in [3.63, 3.8) is 0 Å². The Morgan fingerprint density at radius 3 is 2.12 bits per heavy atom. The van der Waals surface area contributed by atoms with Crippen LogP contribution >= 0.6 is 0 Å². The molecule has 0 unspecified atom stereocenters. The summed E-state index contributed by atoms with van der Waals surface area (Å²) in [6.45, 7) is 6.10. The van der Waals surface area contributed by atoms with Crippen LogP contribution in [0.15, 0.2) is 22.1 Å². The highest BCUT2D eigenvalue weighted by molar-refractivity contribution is 6.01. The van der Waals surface area contributed by atoms with Crippen molar-refractivity contribution in [3.8, 4) is 0 Å². The smallest absolute Gasteiger partial charge is 0.218 e. The fraction of sp³-hybridized carbons (Fsp3) is 0.333. The minimum Gasteiger partial charge on any atom is -0.369 e. The lowest BCUT2D eigenvalue weighted by Crippen LogP contribution is -2.26. The molecule has 0 spiro atoms. The fourth-order valence-electron chi connectivity index (χ4n) is 1.71. The van der Waals surface area contributed by atoms with Crippen LogP contribution in [0.1, 0.15) is 16.7 Å². The molecule has 5 nitrogen and oxygen atoms in total. The van der Waals surface area contributed by atoms with E-state index in [0.717, 1.165) is 16.8 Å². The van der Waals surface area contributed by atoms with Crippen LogP contribution in [0.4, 0.5) is 5.69 Å². The number of guanidine groups is 2. The van der Waals surface area contributed by atoms with Crippen molar-refractivity contribution in [2.24, 2.45) is 21.5 Å². The molecule has 0 aromatic heterocycles. The van der Waals surface area contributed by atoms with Gasteiger partial charge in [-0.1, -0.05) is 17.7 Å². The first kappa shape index (κ1) is 13.0. The van der Waals surface area contributed by atoms with Crippen LogP contribution in [0.3, 0.4) is 0 Å². The van der Waals surface area contributed by atoms with Gasteiger partial charge in [-0.3, -0.25) is 4.99 Å². The average molecular weight is 233 g/mol. The van der Waals surface area contributed by atoms with Crippen LogP contribution < -0.4 is 16.8 Å². The van der Waals surface area contributed by atoms with Gasteiger partial charge in [-0.05, 0) is 31.9 Å². The molecule has 0 heterocycles. The SMILES string of the molecule is CN=C(N)N=C(N)Nc1c(C)cc(C)cc1C. The van der Waals surface area contributed by atoms with Crippen molar-refractivity contribution in [1.29, 1.82) is 0 Å². The highest BCUT2D eigenvalue weighted by Crippen LogP contribution is 2.21. The first-order chi connectivity index (χ1) is 7.93. The summed E-state index contributed by atoms with van der Waals surface area (Å²) in [5.74, 6) is 0.389. The molecule has 1 aromatic rings. The second-order valence-electron chi connectivity index (χ2n) is 3.98. The summed E-state index contributed by atoms with van der Waals surface area (Å²) >= 11 is 0. The first-order valence-electron chi connectivity index (χ1n) is 5.35. The molecule has 1 aromatic carbocycles. The van der Waals surface area contributed by atoms with Gasteiger partial charge in [-0.2, -0.15) is 4.99 Å². The first-order valence-corrected chi connectivity index (χ1v) is 5.35. The van der Waals surface area contributed by atoms with Crippen molar-refractivity contribution in [2.45, 2.75) is 20.8 Å². The van der Waals surface area contributed by atoms with Gasteiger partial charge in [0, 0.05) is 12.7 Å². The lowest BCUT2D eigenvalue weighted by Gasteiger charge is -2.13. The molecule has 0 saturated carbocycles. The number of hydrogen-bond donors (Lipinski definition) is 3. The third kappa shape index (κ3) is 3.48. The quantitative estimate of drug-likeness (QED) is 0.504. The maximum absolute atomic E-state index is 5.74. The van der Waals surface area contributed by atoms with E-state index in [-0.39, 0.29) is 11.9 Å². The molecule has 0 bridgehead atoms. The number of aliphatic imine (C=N–C) groups is 2.